The van der Waals surface area contributed by atoms with Crippen molar-refractivity contribution in [3.8, 4) is 11.5 Å². The monoisotopic (exact) mass is 403 g/mol. The van der Waals surface area contributed by atoms with Crippen LogP contribution in [0.5, 0.6) is 11.5 Å². The largest absolute Gasteiger partial charge is 0.493 e. The first kappa shape index (κ1) is 15.2. The standard InChI is InChI=1S/C14H15INO3P/c1-18-13-5-3-4-6-14(13)19-20(2,17)16-12-9-7-11(15)8-10-12/h3-10H,1-2H3,(H,16,17)/t20-/m1/s1. The van der Waals surface area contributed by atoms with Gasteiger partial charge in [0.2, 0.25) is 0 Å². The summed E-state index contributed by atoms with van der Waals surface area (Å²) in [7, 11) is -1.47. The molecule has 1 N–H and O–H groups in total. The summed E-state index contributed by atoms with van der Waals surface area (Å²) in [6.07, 6.45) is 0. The van der Waals surface area contributed by atoms with Gasteiger partial charge in [-0.2, -0.15) is 0 Å². The molecule has 2 aromatic rings. The fourth-order valence-electron chi connectivity index (χ4n) is 1.66. The summed E-state index contributed by atoms with van der Waals surface area (Å²) in [5, 5.41) is 2.92. The lowest BCUT2D eigenvalue weighted by Crippen LogP contribution is -2.03. The molecule has 0 saturated carbocycles. The van der Waals surface area contributed by atoms with Crippen LogP contribution in [0.4, 0.5) is 5.69 Å². The molecule has 0 aliphatic rings. The minimum absolute atomic E-state index is 0.457. The lowest BCUT2D eigenvalue weighted by Gasteiger charge is -2.18. The van der Waals surface area contributed by atoms with E-state index in [0.29, 0.717) is 11.5 Å². The van der Waals surface area contributed by atoms with Crippen molar-refractivity contribution in [3.05, 3.63) is 52.1 Å². The van der Waals surface area contributed by atoms with Gasteiger partial charge in [-0.25, -0.2) is 0 Å². The number of hydrogen-bond acceptors (Lipinski definition) is 3. The zero-order valence-electron chi connectivity index (χ0n) is 11.2. The fourth-order valence-corrected chi connectivity index (χ4v) is 3.21. The van der Waals surface area contributed by atoms with Crippen molar-refractivity contribution in [3.63, 3.8) is 0 Å². The summed E-state index contributed by atoms with van der Waals surface area (Å²) in [6.45, 7) is 1.54. The van der Waals surface area contributed by atoms with Crippen LogP contribution in [0.3, 0.4) is 0 Å². The van der Waals surface area contributed by atoms with Gasteiger partial charge in [-0.1, -0.05) is 12.1 Å². The molecule has 1 atom stereocenters. The van der Waals surface area contributed by atoms with E-state index < -0.39 is 7.52 Å². The van der Waals surface area contributed by atoms with Gasteiger partial charge in [0.1, 0.15) is 0 Å². The Bertz CT molecular complexity index is 631. The molecule has 20 heavy (non-hydrogen) atoms. The van der Waals surface area contributed by atoms with Crippen LogP contribution in [0.15, 0.2) is 48.5 Å². The number of rotatable bonds is 5. The first-order chi connectivity index (χ1) is 9.50. The van der Waals surface area contributed by atoms with E-state index in [1.165, 1.54) is 6.66 Å². The van der Waals surface area contributed by atoms with Crippen molar-refractivity contribution in [2.75, 3.05) is 18.9 Å². The van der Waals surface area contributed by atoms with Crippen LogP contribution >= 0.6 is 30.1 Å². The number of halogens is 1. The molecule has 0 heterocycles. The third-order valence-corrected chi connectivity index (χ3v) is 4.45. The van der Waals surface area contributed by atoms with Gasteiger partial charge in [-0.15, -0.1) is 0 Å². The smallest absolute Gasteiger partial charge is 0.338 e. The second-order valence-corrected chi connectivity index (χ2v) is 7.55. The Balaban J connectivity index is 2.14. The minimum Gasteiger partial charge on any atom is -0.493 e. The maximum Gasteiger partial charge on any atom is 0.338 e. The van der Waals surface area contributed by atoms with Crippen LogP contribution in [-0.4, -0.2) is 13.8 Å². The second kappa shape index (κ2) is 6.50. The summed E-state index contributed by atoms with van der Waals surface area (Å²) >= 11 is 2.22. The van der Waals surface area contributed by atoms with Crippen LogP contribution in [0.1, 0.15) is 0 Å². The maximum atomic E-state index is 12.5. The third-order valence-electron chi connectivity index (χ3n) is 2.52. The number of benzene rings is 2. The van der Waals surface area contributed by atoms with E-state index in [1.807, 2.05) is 36.4 Å². The lowest BCUT2D eigenvalue weighted by atomic mass is 10.3. The minimum atomic E-state index is -3.02. The molecule has 0 bridgehead atoms. The zero-order valence-corrected chi connectivity index (χ0v) is 14.2. The third kappa shape index (κ3) is 4.15. The average Bonchev–Trinajstić information content (AvgIpc) is 2.41. The van der Waals surface area contributed by atoms with Crippen LogP contribution < -0.4 is 14.3 Å². The Morgan fingerprint density at radius 3 is 2.25 bits per heavy atom. The van der Waals surface area contributed by atoms with Gasteiger partial charge in [0.05, 0.1) is 7.11 Å². The van der Waals surface area contributed by atoms with Crippen LogP contribution in [0, 0.1) is 3.57 Å². The molecule has 2 aromatic carbocycles. The number of anilines is 1. The molecular formula is C14H15INO3P. The molecule has 6 heteroatoms. The summed E-state index contributed by atoms with van der Waals surface area (Å²) in [5.74, 6) is 1.01. The molecule has 2 rings (SSSR count). The van der Waals surface area contributed by atoms with Crippen molar-refractivity contribution in [2.24, 2.45) is 0 Å². The predicted octanol–water partition coefficient (Wildman–Crippen LogP) is 4.61. The van der Waals surface area contributed by atoms with Gasteiger partial charge in [0.15, 0.2) is 11.5 Å². The predicted molar refractivity (Wildman–Crippen MR) is 89.9 cm³/mol. The highest BCUT2D eigenvalue weighted by Gasteiger charge is 2.19. The number of para-hydroxylation sites is 2. The van der Waals surface area contributed by atoms with Crippen molar-refractivity contribution in [1.82, 2.24) is 0 Å². The maximum absolute atomic E-state index is 12.5. The molecule has 0 aliphatic heterocycles. The van der Waals surface area contributed by atoms with E-state index in [1.54, 1.807) is 19.2 Å². The van der Waals surface area contributed by atoms with E-state index >= 15 is 0 Å². The topological polar surface area (TPSA) is 47.6 Å². The van der Waals surface area contributed by atoms with E-state index in [9.17, 15) is 4.57 Å². The molecule has 0 spiro atoms. The van der Waals surface area contributed by atoms with Gasteiger partial charge >= 0.3 is 7.52 Å². The highest BCUT2D eigenvalue weighted by molar-refractivity contribution is 14.1. The molecule has 0 radical (unpaired) electrons. The van der Waals surface area contributed by atoms with Gasteiger partial charge in [-0.05, 0) is 59.0 Å². The van der Waals surface area contributed by atoms with E-state index in [0.717, 1.165) is 9.26 Å². The highest BCUT2D eigenvalue weighted by atomic mass is 127. The Kier molecular flexibility index (Phi) is 4.94. The molecule has 0 saturated heterocycles. The number of ether oxygens (including phenoxy) is 1. The molecule has 0 aromatic heterocycles. The fraction of sp³-hybridized carbons (Fsp3) is 0.143. The van der Waals surface area contributed by atoms with Gasteiger partial charge in [-0.3, -0.25) is 4.57 Å². The van der Waals surface area contributed by atoms with E-state index in [4.69, 9.17) is 9.26 Å². The van der Waals surface area contributed by atoms with E-state index in [-0.39, 0.29) is 0 Å². The highest BCUT2D eigenvalue weighted by Crippen LogP contribution is 2.45. The van der Waals surface area contributed by atoms with Crippen LogP contribution in [0.25, 0.3) is 0 Å². The molecule has 106 valence electrons. The SMILES string of the molecule is COc1ccccc1O[P@@](C)(=O)Nc1ccc(I)cc1. The van der Waals surface area contributed by atoms with Crippen LogP contribution in [0.2, 0.25) is 0 Å². The Morgan fingerprint density at radius 1 is 1.05 bits per heavy atom. The number of nitrogens with one attached hydrogen (secondary N) is 1. The van der Waals surface area contributed by atoms with Crippen molar-refractivity contribution in [1.29, 1.82) is 0 Å². The number of methoxy groups -OCH3 is 1. The normalized spacial score (nSPS) is 13.3. The van der Waals surface area contributed by atoms with Crippen molar-refractivity contribution in [2.45, 2.75) is 0 Å². The summed E-state index contributed by atoms with van der Waals surface area (Å²) < 4.78 is 24.4. The van der Waals surface area contributed by atoms with Crippen LogP contribution in [-0.2, 0) is 4.57 Å². The molecule has 0 amide bonds. The molecular weight excluding hydrogens is 388 g/mol. The van der Waals surface area contributed by atoms with Gasteiger partial charge in [0.25, 0.3) is 0 Å². The lowest BCUT2D eigenvalue weighted by molar-refractivity contribution is 0.391. The quantitative estimate of drug-likeness (QED) is 0.585. The Morgan fingerprint density at radius 2 is 1.65 bits per heavy atom. The second-order valence-electron chi connectivity index (χ2n) is 4.21. The molecule has 0 aliphatic carbocycles. The molecule has 0 fully saturated rings. The first-order valence-electron chi connectivity index (χ1n) is 5.94. The van der Waals surface area contributed by atoms with Crippen molar-refractivity contribution < 1.29 is 13.8 Å². The number of hydrogen-bond donors (Lipinski definition) is 1. The average molecular weight is 403 g/mol. The summed E-state index contributed by atoms with van der Waals surface area (Å²) in [6, 6.07) is 14.7. The summed E-state index contributed by atoms with van der Waals surface area (Å²) in [4.78, 5) is 0. The van der Waals surface area contributed by atoms with Gasteiger partial charge < -0.3 is 14.3 Å². The van der Waals surface area contributed by atoms with E-state index in [2.05, 4.69) is 27.7 Å². The van der Waals surface area contributed by atoms with Gasteiger partial charge in [0, 0.05) is 15.9 Å². The molecule has 4 nitrogen and oxygen atoms in total. The zero-order chi connectivity index (χ0) is 14.6. The Hall–Kier alpha value is -1.20. The molecule has 0 unspecified atom stereocenters. The summed E-state index contributed by atoms with van der Waals surface area (Å²) in [5.41, 5.74) is 0.756. The van der Waals surface area contributed by atoms with Crippen molar-refractivity contribution >= 4 is 35.8 Å². The Labute approximate surface area is 132 Å². The first-order valence-corrected chi connectivity index (χ1v) is 9.09.